The first-order valence-corrected chi connectivity index (χ1v) is 13.5. The quantitative estimate of drug-likeness (QED) is 0.341. The molecule has 2 aliphatic heterocycles. The molecule has 0 aliphatic carbocycles. The van der Waals surface area contributed by atoms with Crippen molar-refractivity contribution >= 4 is 43.4 Å². The fraction of sp³-hybridized carbons (Fsp3) is 0.423. The Hall–Kier alpha value is -3.29. The van der Waals surface area contributed by atoms with E-state index in [9.17, 15) is 13.2 Å². The number of alkyl halides is 2. The van der Waals surface area contributed by atoms with Crippen molar-refractivity contribution in [1.82, 2.24) is 25.2 Å². The highest BCUT2D eigenvalue weighted by molar-refractivity contribution is 7.22. The topological polar surface area (TPSA) is 92.4 Å². The molecule has 3 N–H and O–H groups in total. The third-order valence-corrected chi connectivity index (χ3v) is 7.76. The molecule has 2 aliphatic rings. The van der Waals surface area contributed by atoms with Gasteiger partial charge in [0.25, 0.3) is 6.43 Å². The molecular weight excluding hydrogens is 534 g/mol. The number of hydrogen-bond acceptors (Lipinski definition) is 9. The van der Waals surface area contributed by atoms with Gasteiger partial charge in [-0.05, 0) is 51.2 Å². The maximum atomic E-state index is 16.0. The van der Waals surface area contributed by atoms with Crippen LogP contribution in [-0.2, 0) is 0 Å². The van der Waals surface area contributed by atoms with Crippen molar-refractivity contribution < 1.29 is 22.3 Å². The van der Waals surface area contributed by atoms with Crippen molar-refractivity contribution in [3.05, 3.63) is 35.4 Å². The summed E-state index contributed by atoms with van der Waals surface area (Å²) in [4.78, 5) is 16.8. The van der Waals surface area contributed by atoms with Crippen LogP contribution in [0.25, 0.3) is 32.2 Å². The molecule has 6 rings (SSSR count). The molecule has 2 aromatic heterocycles. The molecule has 8 nitrogen and oxygen atoms in total. The minimum atomic E-state index is -3.02. The van der Waals surface area contributed by atoms with Crippen LogP contribution in [0.1, 0.15) is 24.8 Å². The van der Waals surface area contributed by atoms with Gasteiger partial charge in [-0.15, -0.1) is 0 Å². The molecule has 0 amide bonds. The van der Waals surface area contributed by atoms with E-state index in [1.165, 1.54) is 45.2 Å². The molecule has 13 heteroatoms. The molecule has 0 radical (unpaired) electrons. The minimum Gasteiger partial charge on any atom is -0.467 e. The number of benzene rings is 2. The molecular formula is C26H29F4N7OS. The monoisotopic (exact) mass is 563 g/mol. The standard InChI is InChI=1S/C21H18F4N6OS.C5H11N/c1-32-21-29-15-11(19(30-21)31-6-4-27-5-7-31)8-10(18(24)25)13(14(15)23)9-2-3-12(22)17-16(9)28-20(26)33-17;1-6-4-2-3-5-6/h2-3,8,18,27H,4-7H2,1H3,(H2,26,28);2-5H2,1H3. The lowest BCUT2D eigenvalue weighted by Gasteiger charge is -2.29. The van der Waals surface area contributed by atoms with Gasteiger partial charge in [0.05, 0.1) is 17.3 Å². The SMILES string of the molecule is CN1CCCC1.COc1nc(N2CCNCC2)c2cc(C(F)F)c(-c3ccc(F)c4sc(N)nc34)c(F)c2n1. The zero-order valence-electron chi connectivity index (χ0n) is 21.6. The van der Waals surface area contributed by atoms with Crippen LogP contribution in [0.15, 0.2) is 18.2 Å². The third kappa shape index (κ3) is 5.43. The normalized spacial score (nSPS) is 16.2. The third-order valence-electron chi connectivity index (χ3n) is 6.87. The van der Waals surface area contributed by atoms with E-state index < -0.39 is 29.2 Å². The number of halogens is 4. The summed E-state index contributed by atoms with van der Waals surface area (Å²) in [5.41, 5.74) is 4.61. The van der Waals surface area contributed by atoms with Crippen molar-refractivity contribution in [3.63, 3.8) is 0 Å². The highest BCUT2D eigenvalue weighted by Crippen LogP contribution is 2.43. The molecule has 0 unspecified atom stereocenters. The lowest BCUT2D eigenvalue weighted by molar-refractivity contribution is 0.152. The summed E-state index contributed by atoms with van der Waals surface area (Å²) in [5, 5.41) is 3.39. The molecule has 2 saturated heterocycles. The van der Waals surface area contributed by atoms with Crippen LogP contribution >= 0.6 is 11.3 Å². The molecule has 0 spiro atoms. The Bertz CT molecular complexity index is 1490. The predicted molar refractivity (Wildman–Crippen MR) is 146 cm³/mol. The number of thiazole rings is 1. The number of fused-ring (bicyclic) bond motifs is 2. The number of methoxy groups -OCH3 is 1. The first kappa shape index (κ1) is 27.3. The van der Waals surface area contributed by atoms with Crippen LogP contribution in [0, 0.1) is 11.6 Å². The zero-order chi connectivity index (χ0) is 27.7. The van der Waals surface area contributed by atoms with Gasteiger partial charge in [0.1, 0.15) is 17.2 Å². The smallest absolute Gasteiger partial charge is 0.318 e. The molecule has 2 aromatic carbocycles. The molecule has 208 valence electrons. The summed E-state index contributed by atoms with van der Waals surface area (Å²) >= 11 is 0.862. The number of rotatable bonds is 4. The van der Waals surface area contributed by atoms with Gasteiger partial charge >= 0.3 is 6.01 Å². The van der Waals surface area contributed by atoms with E-state index in [1.54, 1.807) is 0 Å². The number of nitrogens with two attached hydrogens (primary N) is 1. The van der Waals surface area contributed by atoms with Crippen LogP contribution < -0.4 is 20.7 Å². The summed E-state index contributed by atoms with van der Waals surface area (Å²) in [7, 11) is 3.52. The summed E-state index contributed by atoms with van der Waals surface area (Å²) in [6.45, 7) is 5.07. The van der Waals surface area contributed by atoms with E-state index in [-0.39, 0.29) is 37.8 Å². The minimum absolute atomic E-state index is 0.00958. The fourth-order valence-corrected chi connectivity index (χ4v) is 5.70. The van der Waals surface area contributed by atoms with Gasteiger partial charge < -0.3 is 25.6 Å². The van der Waals surface area contributed by atoms with Crippen molar-refractivity contribution in [1.29, 1.82) is 0 Å². The zero-order valence-corrected chi connectivity index (χ0v) is 22.4. The lowest BCUT2D eigenvalue weighted by atomic mass is 9.95. The number of anilines is 2. The number of nitrogens with zero attached hydrogens (tertiary/aromatic N) is 5. The van der Waals surface area contributed by atoms with Crippen molar-refractivity contribution in [2.45, 2.75) is 19.3 Å². The number of nitrogens with one attached hydrogen (secondary N) is 1. The predicted octanol–water partition coefficient (Wildman–Crippen LogP) is 4.83. The Morgan fingerprint density at radius 3 is 2.36 bits per heavy atom. The van der Waals surface area contributed by atoms with Gasteiger partial charge in [0.15, 0.2) is 10.9 Å². The Balaban J connectivity index is 0.000000455. The van der Waals surface area contributed by atoms with Crippen LogP contribution in [0.3, 0.4) is 0 Å². The molecule has 4 aromatic rings. The second-order valence-corrected chi connectivity index (χ2v) is 10.5. The van der Waals surface area contributed by atoms with E-state index in [1.807, 2.05) is 4.90 Å². The Morgan fingerprint density at radius 2 is 1.74 bits per heavy atom. The second-order valence-electron chi connectivity index (χ2n) is 9.46. The van der Waals surface area contributed by atoms with Crippen LogP contribution in [0.5, 0.6) is 6.01 Å². The second kappa shape index (κ2) is 11.4. The van der Waals surface area contributed by atoms with Crippen LogP contribution in [0.2, 0.25) is 0 Å². The number of ether oxygens (including phenoxy) is 1. The molecule has 0 saturated carbocycles. The number of aromatic nitrogens is 3. The van der Waals surface area contributed by atoms with Crippen LogP contribution in [0.4, 0.5) is 28.5 Å². The maximum Gasteiger partial charge on any atom is 0.318 e. The summed E-state index contributed by atoms with van der Waals surface area (Å²) in [6.07, 6.45) is -0.194. The largest absolute Gasteiger partial charge is 0.467 e. The van der Waals surface area contributed by atoms with Crippen molar-refractivity contribution in [3.8, 4) is 17.1 Å². The van der Waals surface area contributed by atoms with Crippen molar-refractivity contribution in [2.24, 2.45) is 0 Å². The highest BCUT2D eigenvalue weighted by Gasteiger charge is 2.28. The highest BCUT2D eigenvalue weighted by atomic mass is 32.1. The van der Waals surface area contributed by atoms with E-state index in [0.717, 1.165) is 17.4 Å². The fourth-order valence-electron chi connectivity index (χ4n) is 4.93. The molecule has 2 fully saturated rings. The van der Waals surface area contributed by atoms with E-state index in [4.69, 9.17) is 10.5 Å². The first-order valence-electron chi connectivity index (χ1n) is 12.6. The van der Waals surface area contributed by atoms with E-state index >= 15 is 4.39 Å². The Morgan fingerprint density at radius 1 is 1.03 bits per heavy atom. The van der Waals surface area contributed by atoms with Gasteiger partial charge in [-0.2, -0.15) is 9.97 Å². The molecule has 0 bridgehead atoms. The van der Waals surface area contributed by atoms with Gasteiger partial charge in [0, 0.05) is 48.3 Å². The first-order chi connectivity index (χ1) is 18.8. The van der Waals surface area contributed by atoms with Gasteiger partial charge in [0.2, 0.25) is 0 Å². The molecule has 4 heterocycles. The van der Waals surface area contributed by atoms with Crippen LogP contribution in [-0.4, -0.2) is 73.3 Å². The Kier molecular flexibility index (Phi) is 8.01. The summed E-state index contributed by atoms with van der Waals surface area (Å²) in [5.74, 6) is -1.29. The number of piperazine rings is 1. The summed E-state index contributed by atoms with van der Waals surface area (Å²) in [6, 6.07) is 3.41. The lowest BCUT2D eigenvalue weighted by Crippen LogP contribution is -2.44. The number of nitrogen functional groups attached to an aromatic ring is 1. The van der Waals surface area contributed by atoms with Gasteiger partial charge in [-0.1, -0.05) is 11.3 Å². The number of likely N-dealkylation sites (tertiary alicyclic amines) is 1. The van der Waals surface area contributed by atoms with E-state index in [2.05, 4.69) is 32.2 Å². The molecule has 0 atom stereocenters. The number of hydrogen-bond donors (Lipinski definition) is 2. The van der Waals surface area contributed by atoms with E-state index in [0.29, 0.717) is 32.0 Å². The van der Waals surface area contributed by atoms with Crippen molar-refractivity contribution in [2.75, 3.05) is 64.1 Å². The average molecular weight is 564 g/mol. The van der Waals surface area contributed by atoms with Gasteiger partial charge in [-0.3, -0.25) is 0 Å². The maximum absolute atomic E-state index is 16.0. The molecule has 39 heavy (non-hydrogen) atoms. The average Bonchev–Trinajstić information content (AvgIpc) is 3.58. The van der Waals surface area contributed by atoms with Gasteiger partial charge in [-0.25, -0.2) is 22.5 Å². The Labute approximate surface area is 226 Å². The summed E-state index contributed by atoms with van der Waals surface area (Å²) < 4.78 is 64.0.